The average Bonchev–Trinajstić information content (AvgIpc) is 2.46. The highest BCUT2D eigenvalue weighted by molar-refractivity contribution is 9.10. The van der Waals surface area contributed by atoms with Gasteiger partial charge in [-0.2, -0.15) is 13.2 Å². The van der Waals surface area contributed by atoms with Gasteiger partial charge in [0.05, 0.1) is 19.1 Å². The van der Waals surface area contributed by atoms with Crippen molar-refractivity contribution in [1.29, 1.82) is 0 Å². The molecule has 7 heteroatoms. The van der Waals surface area contributed by atoms with Crippen molar-refractivity contribution in [2.75, 3.05) is 7.11 Å². The first kappa shape index (κ1) is 17.1. The summed E-state index contributed by atoms with van der Waals surface area (Å²) in [5.41, 5.74) is -0.801. The predicted molar refractivity (Wildman–Crippen MR) is 77.5 cm³/mol. The van der Waals surface area contributed by atoms with Gasteiger partial charge in [-0.15, -0.1) is 0 Å². The maximum Gasteiger partial charge on any atom is 0.421 e. The van der Waals surface area contributed by atoms with Crippen molar-refractivity contribution in [2.45, 2.75) is 38.0 Å². The fraction of sp³-hybridized carbons (Fsp3) is 0.533. The topological polar surface area (TPSA) is 35.5 Å². The molecule has 0 radical (unpaired) electrons. The molecule has 1 aliphatic carbocycles. The van der Waals surface area contributed by atoms with E-state index < -0.39 is 11.7 Å². The summed E-state index contributed by atoms with van der Waals surface area (Å²) in [5, 5.41) is 0. The maximum absolute atomic E-state index is 13.1. The van der Waals surface area contributed by atoms with Crippen LogP contribution in [0.15, 0.2) is 22.7 Å². The van der Waals surface area contributed by atoms with E-state index in [4.69, 9.17) is 4.74 Å². The fourth-order valence-electron chi connectivity index (χ4n) is 2.64. The molecule has 1 aromatic carbocycles. The maximum atomic E-state index is 13.1. The lowest BCUT2D eigenvalue weighted by Gasteiger charge is -2.28. The van der Waals surface area contributed by atoms with Gasteiger partial charge in [-0.1, -0.05) is 22.0 Å². The molecule has 0 aliphatic heterocycles. The number of esters is 1. The Kier molecular flexibility index (Phi) is 5.36. The largest absolute Gasteiger partial charge is 0.490 e. The number of rotatable bonds is 3. The Balaban J connectivity index is 2.07. The zero-order chi connectivity index (χ0) is 16.3. The minimum absolute atomic E-state index is 0.0410. The number of benzene rings is 1. The summed E-state index contributed by atoms with van der Waals surface area (Å²) in [6.07, 6.45) is -2.62. The van der Waals surface area contributed by atoms with Gasteiger partial charge in [-0.3, -0.25) is 4.79 Å². The molecule has 0 spiro atoms. The first-order valence-corrected chi connectivity index (χ1v) is 7.72. The molecule has 3 nitrogen and oxygen atoms in total. The number of ether oxygens (including phenoxy) is 2. The first-order valence-electron chi connectivity index (χ1n) is 6.93. The van der Waals surface area contributed by atoms with Crippen molar-refractivity contribution in [1.82, 2.24) is 0 Å². The van der Waals surface area contributed by atoms with Crippen LogP contribution in [0.1, 0.15) is 31.2 Å². The highest BCUT2D eigenvalue weighted by Crippen LogP contribution is 2.42. The van der Waals surface area contributed by atoms with Gasteiger partial charge in [-0.25, -0.2) is 0 Å². The molecule has 0 amide bonds. The van der Waals surface area contributed by atoms with Gasteiger partial charge in [-0.05, 0) is 37.8 Å². The molecule has 22 heavy (non-hydrogen) atoms. The quantitative estimate of drug-likeness (QED) is 0.720. The van der Waals surface area contributed by atoms with E-state index in [9.17, 15) is 18.0 Å². The van der Waals surface area contributed by atoms with E-state index >= 15 is 0 Å². The molecule has 122 valence electrons. The minimum atomic E-state index is -4.49. The summed E-state index contributed by atoms with van der Waals surface area (Å²) < 4.78 is 49.5. The zero-order valence-corrected chi connectivity index (χ0v) is 13.5. The van der Waals surface area contributed by atoms with E-state index in [1.807, 2.05) is 0 Å². The van der Waals surface area contributed by atoms with Crippen LogP contribution in [0.4, 0.5) is 13.2 Å². The molecule has 0 N–H and O–H groups in total. The van der Waals surface area contributed by atoms with Gasteiger partial charge in [0.2, 0.25) is 0 Å². The van der Waals surface area contributed by atoms with E-state index in [1.54, 1.807) is 0 Å². The SMILES string of the molecule is COC(=O)C1CCC(Oc2cccc(Br)c2C(F)(F)F)CC1. The standard InChI is InChI=1S/C15H16BrF3O3/c1-21-14(20)9-5-7-10(8-6-9)22-12-4-2-3-11(16)13(12)15(17,18)19/h2-4,9-10H,5-8H2,1H3. The third-order valence-corrected chi connectivity index (χ3v) is 4.42. The van der Waals surface area contributed by atoms with Crippen LogP contribution in [0.5, 0.6) is 5.75 Å². The Bertz CT molecular complexity index is 537. The molecule has 1 saturated carbocycles. The second kappa shape index (κ2) is 6.89. The second-order valence-corrected chi connectivity index (χ2v) is 6.08. The third kappa shape index (κ3) is 3.94. The van der Waals surface area contributed by atoms with Gasteiger partial charge < -0.3 is 9.47 Å². The molecule has 2 rings (SSSR count). The second-order valence-electron chi connectivity index (χ2n) is 5.23. The summed E-state index contributed by atoms with van der Waals surface area (Å²) >= 11 is 2.92. The average molecular weight is 381 g/mol. The van der Waals surface area contributed by atoms with Crippen LogP contribution in [0, 0.1) is 5.92 Å². The van der Waals surface area contributed by atoms with Gasteiger partial charge in [0, 0.05) is 4.47 Å². The lowest BCUT2D eigenvalue weighted by molar-refractivity contribution is -0.147. The third-order valence-electron chi connectivity index (χ3n) is 3.76. The number of methoxy groups -OCH3 is 1. The van der Waals surface area contributed by atoms with Crippen molar-refractivity contribution < 1.29 is 27.4 Å². The first-order chi connectivity index (χ1) is 10.3. The molecular formula is C15H16BrF3O3. The summed E-state index contributed by atoms with van der Waals surface area (Å²) in [5.74, 6) is -0.630. The van der Waals surface area contributed by atoms with Crippen molar-refractivity contribution in [2.24, 2.45) is 5.92 Å². The molecule has 0 atom stereocenters. The number of carbonyl (C=O) groups excluding carboxylic acids is 1. The van der Waals surface area contributed by atoms with Crippen molar-refractivity contribution >= 4 is 21.9 Å². The molecule has 1 aliphatic rings. The molecule has 0 saturated heterocycles. The van der Waals surface area contributed by atoms with E-state index in [1.165, 1.54) is 25.3 Å². The van der Waals surface area contributed by atoms with E-state index in [-0.39, 0.29) is 28.2 Å². The summed E-state index contributed by atoms with van der Waals surface area (Å²) in [6.45, 7) is 0. The molecule has 0 bridgehead atoms. The lowest BCUT2D eigenvalue weighted by atomic mass is 9.87. The van der Waals surface area contributed by atoms with Crippen LogP contribution < -0.4 is 4.74 Å². The molecule has 1 aromatic rings. The minimum Gasteiger partial charge on any atom is -0.490 e. The molecule has 1 fully saturated rings. The number of alkyl halides is 3. The molecular weight excluding hydrogens is 365 g/mol. The van der Waals surface area contributed by atoms with Crippen molar-refractivity contribution in [3.05, 3.63) is 28.2 Å². The van der Waals surface area contributed by atoms with Crippen molar-refractivity contribution in [3.63, 3.8) is 0 Å². The van der Waals surface area contributed by atoms with Gasteiger partial charge in [0.15, 0.2) is 0 Å². The van der Waals surface area contributed by atoms with Gasteiger partial charge in [0.25, 0.3) is 0 Å². The Labute approximate surface area is 134 Å². The van der Waals surface area contributed by atoms with Crippen LogP contribution in [0.25, 0.3) is 0 Å². The Morgan fingerprint density at radius 1 is 1.23 bits per heavy atom. The van der Waals surface area contributed by atoms with Crippen LogP contribution in [-0.4, -0.2) is 19.2 Å². The number of hydrogen-bond acceptors (Lipinski definition) is 3. The molecule has 0 heterocycles. The van der Waals surface area contributed by atoms with Crippen molar-refractivity contribution in [3.8, 4) is 5.75 Å². The Hall–Kier alpha value is -1.24. The monoisotopic (exact) mass is 380 g/mol. The smallest absolute Gasteiger partial charge is 0.421 e. The highest BCUT2D eigenvalue weighted by Gasteiger charge is 2.37. The Morgan fingerprint density at radius 3 is 2.41 bits per heavy atom. The molecule has 0 unspecified atom stereocenters. The van der Waals surface area contributed by atoms with E-state index in [0.717, 1.165) is 0 Å². The fourth-order valence-corrected chi connectivity index (χ4v) is 3.21. The predicted octanol–water partition coefficient (Wildman–Crippen LogP) is 4.58. The van der Waals surface area contributed by atoms with Crippen LogP contribution in [0.3, 0.4) is 0 Å². The summed E-state index contributed by atoms with van der Waals surface area (Å²) in [7, 11) is 1.34. The van der Waals surface area contributed by atoms with E-state index in [0.29, 0.717) is 25.7 Å². The van der Waals surface area contributed by atoms with Crippen LogP contribution in [0.2, 0.25) is 0 Å². The zero-order valence-electron chi connectivity index (χ0n) is 12.0. The lowest BCUT2D eigenvalue weighted by Crippen LogP contribution is -2.29. The highest BCUT2D eigenvalue weighted by atomic mass is 79.9. The van der Waals surface area contributed by atoms with E-state index in [2.05, 4.69) is 20.7 Å². The molecule has 0 aromatic heterocycles. The summed E-state index contributed by atoms with van der Waals surface area (Å²) in [6, 6.07) is 4.17. The van der Waals surface area contributed by atoms with Crippen LogP contribution >= 0.6 is 15.9 Å². The Morgan fingerprint density at radius 2 is 1.86 bits per heavy atom. The van der Waals surface area contributed by atoms with Crippen LogP contribution in [-0.2, 0) is 15.7 Å². The normalized spacial score (nSPS) is 22.2. The van der Waals surface area contributed by atoms with Gasteiger partial charge in [0.1, 0.15) is 11.3 Å². The van der Waals surface area contributed by atoms with Gasteiger partial charge >= 0.3 is 12.1 Å². The number of halogens is 4. The number of hydrogen-bond donors (Lipinski definition) is 0. The summed E-state index contributed by atoms with van der Waals surface area (Å²) in [4.78, 5) is 11.4. The number of carbonyl (C=O) groups is 1.